The van der Waals surface area contributed by atoms with Crippen molar-refractivity contribution in [2.24, 2.45) is 0 Å². The zero-order valence-electron chi connectivity index (χ0n) is 10.9. The van der Waals surface area contributed by atoms with E-state index in [4.69, 9.17) is 15.2 Å². The van der Waals surface area contributed by atoms with Gasteiger partial charge in [0.15, 0.2) is 0 Å². The molecule has 0 spiro atoms. The topological polar surface area (TPSA) is 57.4 Å². The van der Waals surface area contributed by atoms with Crippen LogP contribution in [0.1, 0.15) is 10.4 Å². The van der Waals surface area contributed by atoms with Crippen LogP contribution in [0.2, 0.25) is 0 Å². The maximum Gasteiger partial charge on any atom is 0.138 e. The van der Waals surface area contributed by atoms with Crippen molar-refractivity contribution in [1.82, 2.24) is 4.98 Å². The van der Waals surface area contributed by atoms with Crippen molar-refractivity contribution in [3.63, 3.8) is 0 Å². The van der Waals surface area contributed by atoms with E-state index in [1.54, 1.807) is 25.6 Å². The van der Waals surface area contributed by atoms with E-state index >= 15 is 0 Å². The first-order chi connectivity index (χ1) is 8.56. The van der Waals surface area contributed by atoms with Crippen LogP contribution in [0.15, 0.2) is 12.1 Å². The predicted molar refractivity (Wildman–Crippen MR) is 74.5 cm³/mol. The highest BCUT2D eigenvalue weighted by atomic mass is 32.1. The summed E-state index contributed by atoms with van der Waals surface area (Å²) in [6.07, 6.45) is 0. The molecule has 0 aliphatic rings. The van der Waals surface area contributed by atoms with Crippen LogP contribution in [0.25, 0.3) is 10.6 Å². The maximum atomic E-state index is 5.80. The molecule has 0 radical (unpaired) electrons. The fraction of sp³-hybridized carbons (Fsp3) is 0.308. The van der Waals surface area contributed by atoms with Gasteiger partial charge in [-0.05, 0) is 31.5 Å². The Morgan fingerprint density at radius 2 is 1.78 bits per heavy atom. The third kappa shape index (κ3) is 2.13. The summed E-state index contributed by atoms with van der Waals surface area (Å²) in [7, 11) is 3.30. The van der Waals surface area contributed by atoms with Gasteiger partial charge in [-0.15, -0.1) is 11.3 Å². The largest absolute Gasteiger partial charge is 0.496 e. The van der Waals surface area contributed by atoms with E-state index < -0.39 is 0 Å². The minimum atomic E-state index is 0.566. The highest BCUT2D eigenvalue weighted by Gasteiger charge is 2.14. The molecule has 2 N–H and O–H groups in total. The van der Waals surface area contributed by atoms with Crippen LogP contribution in [-0.2, 0) is 0 Å². The van der Waals surface area contributed by atoms with Gasteiger partial charge in [0.25, 0.3) is 0 Å². The summed E-state index contributed by atoms with van der Waals surface area (Å²) >= 11 is 1.55. The summed E-state index contributed by atoms with van der Waals surface area (Å²) in [4.78, 5) is 5.36. The van der Waals surface area contributed by atoms with Gasteiger partial charge in [0.05, 0.1) is 19.8 Å². The summed E-state index contributed by atoms with van der Waals surface area (Å²) in [6.45, 7) is 3.93. The van der Waals surface area contributed by atoms with E-state index in [1.807, 2.05) is 26.0 Å². The second kappa shape index (κ2) is 4.86. The lowest BCUT2D eigenvalue weighted by atomic mass is 10.1. The Kier molecular flexibility index (Phi) is 3.43. The van der Waals surface area contributed by atoms with Crippen molar-refractivity contribution in [3.8, 4) is 22.1 Å². The third-order valence-electron chi connectivity index (χ3n) is 2.78. The molecule has 2 rings (SSSR count). The van der Waals surface area contributed by atoms with Crippen molar-refractivity contribution >= 4 is 17.2 Å². The van der Waals surface area contributed by atoms with Crippen LogP contribution in [-0.4, -0.2) is 19.2 Å². The Labute approximate surface area is 110 Å². The standard InChI is InChI=1S/C13H16N2O2S/c1-7-5-11(17-4)9(6-10(7)16-3)13-15-12(14)8(2)18-13/h5-6H,14H2,1-4H3. The van der Waals surface area contributed by atoms with E-state index in [1.165, 1.54) is 0 Å². The number of benzene rings is 1. The molecular formula is C13H16N2O2S. The second-order valence-corrected chi connectivity index (χ2v) is 5.19. The highest BCUT2D eigenvalue weighted by molar-refractivity contribution is 7.15. The van der Waals surface area contributed by atoms with Gasteiger partial charge in [-0.25, -0.2) is 4.98 Å². The molecule has 0 unspecified atom stereocenters. The Morgan fingerprint density at radius 3 is 2.28 bits per heavy atom. The van der Waals surface area contributed by atoms with E-state index in [-0.39, 0.29) is 0 Å². The molecule has 1 heterocycles. The van der Waals surface area contributed by atoms with Crippen LogP contribution in [0.5, 0.6) is 11.5 Å². The summed E-state index contributed by atoms with van der Waals surface area (Å²) in [5.41, 5.74) is 7.73. The highest BCUT2D eigenvalue weighted by Crippen LogP contribution is 2.38. The molecule has 96 valence electrons. The Bertz CT molecular complexity index is 559. The molecule has 0 bridgehead atoms. The number of ether oxygens (including phenoxy) is 2. The normalized spacial score (nSPS) is 10.4. The Hall–Kier alpha value is -1.75. The summed E-state index contributed by atoms with van der Waals surface area (Å²) in [6, 6.07) is 3.88. The predicted octanol–water partition coefficient (Wildman–Crippen LogP) is 3.03. The average molecular weight is 264 g/mol. The van der Waals surface area contributed by atoms with Crippen molar-refractivity contribution in [3.05, 3.63) is 22.6 Å². The fourth-order valence-electron chi connectivity index (χ4n) is 1.74. The molecule has 0 atom stereocenters. The smallest absolute Gasteiger partial charge is 0.138 e. The Morgan fingerprint density at radius 1 is 1.11 bits per heavy atom. The molecular weight excluding hydrogens is 248 g/mol. The lowest BCUT2D eigenvalue weighted by molar-refractivity contribution is 0.402. The number of anilines is 1. The fourth-order valence-corrected chi connectivity index (χ4v) is 2.59. The van der Waals surface area contributed by atoms with Gasteiger partial charge >= 0.3 is 0 Å². The molecule has 0 fully saturated rings. The number of methoxy groups -OCH3 is 2. The van der Waals surface area contributed by atoms with E-state index in [0.717, 1.165) is 32.5 Å². The zero-order chi connectivity index (χ0) is 13.3. The quantitative estimate of drug-likeness (QED) is 0.925. The first-order valence-corrected chi connectivity index (χ1v) is 6.34. The average Bonchev–Trinajstić information content (AvgIpc) is 2.69. The van der Waals surface area contributed by atoms with Gasteiger partial charge in [-0.3, -0.25) is 0 Å². The van der Waals surface area contributed by atoms with E-state index in [9.17, 15) is 0 Å². The lowest BCUT2D eigenvalue weighted by Gasteiger charge is -2.11. The number of rotatable bonds is 3. The SMILES string of the molecule is COc1cc(-c2nc(N)c(C)s2)c(OC)cc1C. The number of hydrogen-bond donors (Lipinski definition) is 1. The van der Waals surface area contributed by atoms with Gasteiger partial charge in [-0.2, -0.15) is 0 Å². The molecule has 0 saturated carbocycles. The molecule has 18 heavy (non-hydrogen) atoms. The molecule has 0 saturated heterocycles. The van der Waals surface area contributed by atoms with Crippen LogP contribution in [0, 0.1) is 13.8 Å². The summed E-state index contributed by atoms with van der Waals surface area (Å²) < 4.78 is 10.7. The van der Waals surface area contributed by atoms with Crippen molar-refractivity contribution in [2.45, 2.75) is 13.8 Å². The monoisotopic (exact) mass is 264 g/mol. The number of hydrogen-bond acceptors (Lipinski definition) is 5. The second-order valence-electron chi connectivity index (χ2n) is 3.98. The van der Waals surface area contributed by atoms with Crippen molar-refractivity contribution in [2.75, 3.05) is 20.0 Å². The zero-order valence-corrected chi connectivity index (χ0v) is 11.7. The van der Waals surface area contributed by atoms with Crippen LogP contribution < -0.4 is 15.2 Å². The van der Waals surface area contributed by atoms with Crippen molar-refractivity contribution < 1.29 is 9.47 Å². The first kappa shape index (κ1) is 12.7. The number of nitrogen functional groups attached to an aromatic ring is 1. The number of nitrogens with two attached hydrogens (primary N) is 1. The lowest BCUT2D eigenvalue weighted by Crippen LogP contribution is -1.93. The van der Waals surface area contributed by atoms with E-state index in [2.05, 4.69) is 4.98 Å². The maximum absolute atomic E-state index is 5.80. The molecule has 2 aromatic rings. The van der Waals surface area contributed by atoms with Crippen molar-refractivity contribution in [1.29, 1.82) is 0 Å². The van der Waals surface area contributed by atoms with Gasteiger partial charge in [0.2, 0.25) is 0 Å². The molecule has 4 nitrogen and oxygen atoms in total. The Balaban J connectivity index is 2.61. The minimum absolute atomic E-state index is 0.566. The number of nitrogens with zero attached hydrogens (tertiary/aromatic N) is 1. The molecule has 1 aromatic heterocycles. The molecule has 1 aromatic carbocycles. The summed E-state index contributed by atoms with van der Waals surface area (Å²) in [5.74, 6) is 2.16. The number of aryl methyl sites for hydroxylation is 2. The number of aromatic nitrogens is 1. The first-order valence-electron chi connectivity index (χ1n) is 5.52. The van der Waals surface area contributed by atoms with E-state index in [0.29, 0.717) is 5.82 Å². The third-order valence-corrected chi connectivity index (χ3v) is 3.80. The number of thiazole rings is 1. The molecule has 5 heteroatoms. The van der Waals surface area contributed by atoms with Gasteiger partial charge in [0, 0.05) is 4.88 Å². The van der Waals surface area contributed by atoms with Gasteiger partial charge in [-0.1, -0.05) is 0 Å². The summed E-state index contributed by atoms with van der Waals surface area (Å²) in [5, 5.41) is 0.847. The van der Waals surface area contributed by atoms with Crippen LogP contribution in [0.3, 0.4) is 0 Å². The van der Waals surface area contributed by atoms with Crippen LogP contribution in [0.4, 0.5) is 5.82 Å². The molecule has 0 aliphatic carbocycles. The van der Waals surface area contributed by atoms with Gasteiger partial charge in [0.1, 0.15) is 22.3 Å². The minimum Gasteiger partial charge on any atom is -0.496 e. The van der Waals surface area contributed by atoms with Gasteiger partial charge < -0.3 is 15.2 Å². The molecule has 0 amide bonds. The molecule has 0 aliphatic heterocycles. The van der Waals surface area contributed by atoms with Crippen LogP contribution >= 0.6 is 11.3 Å².